The van der Waals surface area contributed by atoms with Crippen LogP contribution in [0.25, 0.3) is 0 Å². The molecule has 0 radical (unpaired) electrons. The van der Waals surface area contributed by atoms with Crippen LogP contribution in [-0.4, -0.2) is 38.0 Å². The summed E-state index contributed by atoms with van der Waals surface area (Å²) < 4.78 is 17.4. The van der Waals surface area contributed by atoms with E-state index in [1.54, 1.807) is 0 Å². The SMILES string of the molecule is CCOc1ccccc1O[C@@H]1CCC[C@H]1N[C@H]1CCOC1. The van der Waals surface area contributed by atoms with Crippen molar-refractivity contribution in [3.05, 3.63) is 24.3 Å². The van der Waals surface area contributed by atoms with Crippen LogP contribution in [-0.2, 0) is 4.74 Å². The van der Waals surface area contributed by atoms with E-state index in [-0.39, 0.29) is 6.10 Å². The predicted octanol–water partition coefficient (Wildman–Crippen LogP) is 2.76. The zero-order valence-corrected chi connectivity index (χ0v) is 12.7. The highest BCUT2D eigenvalue weighted by Crippen LogP contribution is 2.32. The van der Waals surface area contributed by atoms with Crippen molar-refractivity contribution in [2.24, 2.45) is 0 Å². The maximum absolute atomic E-state index is 6.25. The second-order valence-corrected chi connectivity index (χ2v) is 5.80. The molecule has 1 aliphatic heterocycles. The molecule has 21 heavy (non-hydrogen) atoms. The van der Waals surface area contributed by atoms with Gasteiger partial charge in [0.15, 0.2) is 11.5 Å². The van der Waals surface area contributed by atoms with Gasteiger partial charge in [0, 0.05) is 18.7 Å². The highest BCUT2D eigenvalue weighted by atomic mass is 16.5. The molecule has 3 rings (SSSR count). The van der Waals surface area contributed by atoms with Gasteiger partial charge >= 0.3 is 0 Å². The molecule has 0 bridgehead atoms. The summed E-state index contributed by atoms with van der Waals surface area (Å²) in [7, 11) is 0. The third-order valence-electron chi connectivity index (χ3n) is 4.26. The van der Waals surface area contributed by atoms with E-state index in [1.807, 2.05) is 31.2 Å². The van der Waals surface area contributed by atoms with Crippen molar-refractivity contribution in [2.45, 2.75) is 50.8 Å². The fraction of sp³-hybridized carbons (Fsp3) is 0.647. The number of hydrogen-bond acceptors (Lipinski definition) is 4. The lowest BCUT2D eigenvalue weighted by Crippen LogP contribution is -2.45. The molecule has 2 fully saturated rings. The molecule has 4 nitrogen and oxygen atoms in total. The smallest absolute Gasteiger partial charge is 0.161 e. The first kappa shape index (κ1) is 14.7. The maximum Gasteiger partial charge on any atom is 0.161 e. The van der Waals surface area contributed by atoms with Gasteiger partial charge in [0.05, 0.1) is 13.2 Å². The summed E-state index contributed by atoms with van der Waals surface area (Å²) in [5.74, 6) is 1.70. The van der Waals surface area contributed by atoms with Gasteiger partial charge in [-0.3, -0.25) is 0 Å². The fourth-order valence-corrected chi connectivity index (χ4v) is 3.21. The largest absolute Gasteiger partial charge is 0.490 e. The molecule has 1 N–H and O–H groups in total. The Labute approximate surface area is 126 Å². The Kier molecular flexibility index (Phi) is 4.99. The molecule has 0 aromatic heterocycles. The lowest BCUT2D eigenvalue weighted by atomic mass is 10.1. The van der Waals surface area contributed by atoms with Gasteiger partial charge < -0.3 is 19.5 Å². The van der Waals surface area contributed by atoms with Gasteiger partial charge in [-0.25, -0.2) is 0 Å². The van der Waals surface area contributed by atoms with E-state index < -0.39 is 0 Å². The third kappa shape index (κ3) is 3.69. The molecule has 0 spiro atoms. The monoisotopic (exact) mass is 291 g/mol. The van der Waals surface area contributed by atoms with Crippen LogP contribution in [0.4, 0.5) is 0 Å². The van der Waals surface area contributed by atoms with Crippen LogP contribution in [0.3, 0.4) is 0 Å². The Bertz CT molecular complexity index is 445. The standard InChI is InChI=1S/C17H25NO3/c1-2-20-16-7-3-4-8-17(16)21-15-9-5-6-14(15)18-13-10-11-19-12-13/h3-4,7-8,13-15,18H,2,5-6,9-12H2,1H3/t13-,14+,15+/m0/s1. The Balaban J connectivity index is 1.62. The Morgan fingerprint density at radius 3 is 2.81 bits per heavy atom. The molecule has 1 saturated heterocycles. The fourth-order valence-electron chi connectivity index (χ4n) is 3.21. The zero-order valence-electron chi connectivity index (χ0n) is 12.7. The first-order valence-electron chi connectivity index (χ1n) is 8.09. The van der Waals surface area contributed by atoms with Gasteiger partial charge in [-0.05, 0) is 44.7 Å². The molecule has 0 unspecified atom stereocenters. The maximum atomic E-state index is 6.25. The van der Waals surface area contributed by atoms with E-state index in [2.05, 4.69) is 5.32 Å². The molecule has 1 saturated carbocycles. The third-order valence-corrected chi connectivity index (χ3v) is 4.26. The summed E-state index contributed by atoms with van der Waals surface area (Å²) in [6.45, 7) is 4.37. The van der Waals surface area contributed by atoms with E-state index in [1.165, 1.54) is 12.8 Å². The van der Waals surface area contributed by atoms with Gasteiger partial charge in [-0.15, -0.1) is 0 Å². The minimum Gasteiger partial charge on any atom is -0.490 e. The van der Waals surface area contributed by atoms with E-state index in [9.17, 15) is 0 Å². The summed E-state index contributed by atoms with van der Waals surface area (Å²) in [4.78, 5) is 0. The molecular formula is C17H25NO3. The second-order valence-electron chi connectivity index (χ2n) is 5.80. The predicted molar refractivity (Wildman–Crippen MR) is 82.0 cm³/mol. The molecule has 116 valence electrons. The van der Waals surface area contributed by atoms with Crippen LogP contribution in [0.1, 0.15) is 32.6 Å². The summed E-state index contributed by atoms with van der Waals surface area (Å²) in [6.07, 6.45) is 4.84. The van der Waals surface area contributed by atoms with Crippen LogP contribution in [0.2, 0.25) is 0 Å². The lowest BCUT2D eigenvalue weighted by Gasteiger charge is -2.25. The van der Waals surface area contributed by atoms with Crippen molar-refractivity contribution in [1.82, 2.24) is 5.32 Å². The number of ether oxygens (including phenoxy) is 3. The van der Waals surface area contributed by atoms with Crippen LogP contribution in [0.5, 0.6) is 11.5 Å². The summed E-state index contributed by atoms with van der Waals surface area (Å²) >= 11 is 0. The molecule has 4 heteroatoms. The van der Waals surface area contributed by atoms with Crippen LogP contribution >= 0.6 is 0 Å². The topological polar surface area (TPSA) is 39.7 Å². The molecular weight excluding hydrogens is 266 g/mol. The van der Waals surface area contributed by atoms with Crippen molar-refractivity contribution in [3.63, 3.8) is 0 Å². The Morgan fingerprint density at radius 2 is 2.05 bits per heavy atom. The molecule has 0 amide bonds. The van der Waals surface area contributed by atoms with Crippen molar-refractivity contribution in [3.8, 4) is 11.5 Å². The minimum absolute atomic E-state index is 0.229. The highest BCUT2D eigenvalue weighted by Gasteiger charge is 2.32. The van der Waals surface area contributed by atoms with E-state index in [0.29, 0.717) is 18.7 Å². The number of rotatable bonds is 6. The van der Waals surface area contributed by atoms with Crippen molar-refractivity contribution < 1.29 is 14.2 Å². The summed E-state index contributed by atoms with van der Waals surface area (Å²) in [6, 6.07) is 8.87. The van der Waals surface area contributed by atoms with E-state index >= 15 is 0 Å². The summed E-state index contributed by atoms with van der Waals surface area (Å²) in [5.41, 5.74) is 0. The number of nitrogens with one attached hydrogen (secondary N) is 1. The first-order valence-corrected chi connectivity index (χ1v) is 8.09. The van der Waals surface area contributed by atoms with Crippen LogP contribution < -0.4 is 14.8 Å². The Morgan fingerprint density at radius 1 is 1.19 bits per heavy atom. The first-order chi connectivity index (χ1) is 10.4. The van der Waals surface area contributed by atoms with Crippen molar-refractivity contribution in [1.29, 1.82) is 0 Å². The molecule has 1 heterocycles. The lowest BCUT2D eigenvalue weighted by molar-refractivity contribution is 0.151. The average Bonchev–Trinajstić information content (AvgIpc) is 3.15. The number of hydrogen-bond donors (Lipinski definition) is 1. The second kappa shape index (κ2) is 7.14. The molecule has 1 aromatic rings. The van der Waals surface area contributed by atoms with Crippen LogP contribution in [0, 0.1) is 0 Å². The van der Waals surface area contributed by atoms with Crippen molar-refractivity contribution >= 4 is 0 Å². The van der Waals surface area contributed by atoms with E-state index in [0.717, 1.165) is 37.6 Å². The minimum atomic E-state index is 0.229. The van der Waals surface area contributed by atoms with Gasteiger partial charge in [0.1, 0.15) is 6.10 Å². The average molecular weight is 291 g/mol. The van der Waals surface area contributed by atoms with Gasteiger partial charge in [-0.1, -0.05) is 12.1 Å². The van der Waals surface area contributed by atoms with Gasteiger partial charge in [0.2, 0.25) is 0 Å². The van der Waals surface area contributed by atoms with Gasteiger partial charge in [-0.2, -0.15) is 0 Å². The van der Waals surface area contributed by atoms with Gasteiger partial charge in [0.25, 0.3) is 0 Å². The number of para-hydroxylation sites is 2. The van der Waals surface area contributed by atoms with E-state index in [4.69, 9.17) is 14.2 Å². The quantitative estimate of drug-likeness (QED) is 0.875. The summed E-state index contributed by atoms with van der Waals surface area (Å²) in [5, 5.41) is 3.71. The highest BCUT2D eigenvalue weighted by molar-refractivity contribution is 5.39. The molecule has 1 aliphatic carbocycles. The Hall–Kier alpha value is -1.26. The van der Waals surface area contributed by atoms with Crippen molar-refractivity contribution in [2.75, 3.05) is 19.8 Å². The number of benzene rings is 1. The molecule has 1 aromatic carbocycles. The molecule has 3 atom stereocenters. The zero-order chi connectivity index (χ0) is 14.5. The normalized spacial score (nSPS) is 28.7. The van der Waals surface area contributed by atoms with Crippen LogP contribution in [0.15, 0.2) is 24.3 Å². The molecule has 2 aliphatic rings.